The topological polar surface area (TPSA) is 596 Å². The summed E-state index contributed by atoms with van der Waals surface area (Å²) in [5.41, 5.74) is 0. The highest BCUT2D eigenvalue weighted by molar-refractivity contribution is 4.98. The van der Waals surface area contributed by atoms with Gasteiger partial charge in [0.05, 0.1) is 52.9 Å². The third kappa shape index (κ3) is 14.5. The molecule has 0 aromatic heterocycles. The lowest BCUT2D eigenvalue weighted by atomic mass is 9.96. The number of ether oxygens (including phenoxy) is 12. The molecule has 0 spiro atoms. The maximum absolute atomic E-state index is 11.6. The first-order valence-electron chi connectivity index (χ1n) is 24.6. The molecule has 36 heteroatoms. The van der Waals surface area contributed by atoms with Crippen molar-refractivity contribution in [3.63, 3.8) is 0 Å². The summed E-state index contributed by atoms with van der Waals surface area (Å²) in [7, 11) is 0. The Hall–Kier alpha value is -1.44. The van der Waals surface area contributed by atoms with Crippen LogP contribution >= 0.6 is 0 Å². The van der Waals surface area contributed by atoms with Crippen LogP contribution in [0.3, 0.4) is 0 Å². The Labute approximate surface area is 440 Å². The van der Waals surface area contributed by atoms with Gasteiger partial charge in [0.1, 0.15) is 171 Å². The summed E-state index contributed by atoms with van der Waals surface area (Å²) in [4.78, 5) is 0. The van der Waals surface area contributed by atoms with Crippen LogP contribution in [0, 0.1) is 0 Å². The Morgan fingerprint density at radius 3 is 0.923 bits per heavy atom. The van der Waals surface area contributed by atoms with E-state index in [1.165, 1.54) is 0 Å². The van der Waals surface area contributed by atoms with Crippen LogP contribution in [0.2, 0.25) is 0 Å². The van der Waals surface area contributed by atoms with Crippen LogP contribution in [-0.4, -0.2) is 384 Å². The van der Waals surface area contributed by atoms with E-state index >= 15 is 0 Å². The number of aliphatic hydroxyl groups excluding tert-OH is 24. The predicted molar refractivity (Wildman–Crippen MR) is 234 cm³/mol. The standard InChI is InChI=1S/C42H74O36/c43-1-9(47)17(49)18(50)10(48)5-67-37-29(61)27(59)21(53)14(74-37)7-70-40-34(66)36(78-42-32(64)26(58)20(52)12(3-45)73-42)24(56)16(76-40)8-68-38-30(62)28(60)22(54)15(75-38)6-69-39-33(65)35(23(55)13(4-46)71-39)77-41-31(63)25(57)19(51)11(2-44)72-41/h9-66H,1-8H2/t9-,10+,11+,12+,13+,14+,15+,16+,17+,18+,19+,20+,21+,22+,23+,24+,25-,26-,27-,28-,29+,30+,31+,32+,33+,34+,35-,36-,37+,38+,39+,40+,41-,42-/m0/s1. The van der Waals surface area contributed by atoms with Gasteiger partial charge in [0.25, 0.3) is 0 Å². The summed E-state index contributed by atoms with van der Waals surface area (Å²) in [6.07, 6.45) is -66.2. The second kappa shape index (κ2) is 28.9. The zero-order valence-electron chi connectivity index (χ0n) is 40.9. The van der Waals surface area contributed by atoms with Crippen LogP contribution < -0.4 is 0 Å². The van der Waals surface area contributed by atoms with Crippen molar-refractivity contribution in [2.75, 3.05) is 52.9 Å². The Balaban J connectivity index is 1.14. The number of rotatable bonds is 23. The molecule has 0 radical (unpaired) electrons. The molecular formula is C42H74O36. The molecule has 0 aliphatic carbocycles. The largest absolute Gasteiger partial charge is 0.394 e. The van der Waals surface area contributed by atoms with Gasteiger partial charge in [-0.05, 0) is 0 Å². The van der Waals surface area contributed by atoms with Crippen LogP contribution in [0.4, 0.5) is 0 Å². The summed E-state index contributed by atoms with van der Waals surface area (Å²) < 4.78 is 66.5. The molecular weight excluding hydrogens is 1080 g/mol. The van der Waals surface area contributed by atoms with Crippen molar-refractivity contribution in [1.29, 1.82) is 0 Å². The van der Waals surface area contributed by atoms with Crippen molar-refractivity contribution < 1.29 is 179 Å². The zero-order valence-corrected chi connectivity index (χ0v) is 40.9. The van der Waals surface area contributed by atoms with E-state index in [1.807, 2.05) is 0 Å². The van der Waals surface area contributed by atoms with Gasteiger partial charge in [-0.15, -0.1) is 0 Å². The lowest BCUT2D eigenvalue weighted by Crippen LogP contribution is -2.66. The first kappa shape index (κ1) is 65.7. The normalized spacial score (nSPS) is 49.2. The summed E-state index contributed by atoms with van der Waals surface area (Å²) in [6.45, 7) is -7.47. The van der Waals surface area contributed by atoms with Gasteiger partial charge in [0.15, 0.2) is 37.7 Å². The Kier molecular flexibility index (Phi) is 24.3. The monoisotopic (exact) mass is 1150 g/mol. The minimum Gasteiger partial charge on any atom is -0.394 e. The van der Waals surface area contributed by atoms with Crippen LogP contribution in [0.5, 0.6) is 0 Å². The Morgan fingerprint density at radius 1 is 0.282 bits per heavy atom. The Bertz CT molecular complexity index is 1760. The average molecular weight is 1160 g/mol. The van der Waals surface area contributed by atoms with E-state index < -0.39 is 262 Å². The molecule has 6 heterocycles. The van der Waals surface area contributed by atoms with Gasteiger partial charge in [-0.2, -0.15) is 0 Å². The van der Waals surface area contributed by atoms with Crippen LogP contribution in [0.25, 0.3) is 0 Å². The molecule has 0 aromatic carbocycles. The molecule has 6 aliphatic heterocycles. The van der Waals surface area contributed by atoms with Crippen molar-refractivity contribution in [2.45, 2.75) is 209 Å². The van der Waals surface area contributed by atoms with Gasteiger partial charge in [0, 0.05) is 0 Å². The highest BCUT2D eigenvalue weighted by Gasteiger charge is 2.55. The summed E-state index contributed by atoms with van der Waals surface area (Å²) in [5.74, 6) is 0. The van der Waals surface area contributed by atoms with E-state index in [0.717, 1.165) is 0 Å². The van der Waals surface area contributed by atoms with Gasteiger partial charge in [0.2, 0.25) is 0 Å². The lowest BCUT2D eigenvalue weighted by Gasteiger charge is -2.47. The third-order valence-electron chi connectivity index (χ3n) is 14.1. The van der Waals surface area contributed by atoms with E-state index in [4.69, 9.17) is 61.9 Å². The summed E-state index contributed by atoms with van der Waals surface area (Å²) in [6, 6.07) is 0. The summed E-state index contributed by atoms with van der Waals surface area (Å²) >= 11 is 0. The summed E-state index contributed by atoms with van der Waals surface area (Å²) in [5, 5.41) is 251. The van der Waals surface area contributed by atoms with E-state index in [-0.39, 0.29) is 0 Å². The Morgan fingerprint density at radius 2 is 0.551 bits per heavy atom. The SMILES string of the molecule is OC[C@H](O)[C@@H](O)[C@H](O)[C@H](O)CO[C@@H]1O[C@H](CO[C@@H]2O[C@H](CO[C@@H]3O[C@H](CO[C@@H]4O[C@H](CO)[C@@H](O)[C@H](O[C@@H]5O[C@H](CO)[C@@H](O)[C@H](O)[C@H]5O)[C@H]4O)[C@@H](O)[C@H](O)[C@H]3O)[C@@H](O)[C@H](O[C@@H]3O[C@H](CO)[C@@H](O)[C@H](O)[C@H]3O)[C@H]2O)[C@@H](O)[C@H](O)[C@H]1O. The quantitative estimate of drug-likeness (QED) is 0.0452. The molecule has 0 saturated carbocycles. The average Bonchev–Trinajstić information content (AvgIpc) is 3.44. The van der Waals surface area contributed by atoms with E-state index in [2.05, 4.69) is 0 Å². The van der Waals surface area contributed by atoms with Crippen molar-refractivity contribution in [3.8, 4) is 0 Å². The fourth-order valence-electron chi connectivity index (χ4n) is 9.17. The van der Waals surface area contributed by atoms with Gasteiger partial charge >= 0.3 is 0 Å². The van der Waals surface area contributed by atoms with Crippen LogP contribution in [-0.2, 0) is 56.8 Å². The molecule has 6 aliphatic rings. The highest BCUT2D eigenvalue weighted by atomic mass is 16.8. The number of aliphatic hydroxyl groups is 24. The molecule has 6 saturated heterocycles. The van der Waals surface area contributed by atoms with E-state index in [0.29, 0.717) is 0 Å². The lowest BCUT2D eigenvalue weighted by molar-refractivity contribution is -0.373. The first-order valence-corrected chi connectivity index (χ1v) is 24.6. The second-order valence-electron chi connectivity index (χ2n) is 19.5. The van der Waals surface area contributed by atoms with E-state index in [9.17, 15) is 117 Å². The van der Waals surface area contributed by atoms with Crippen molar-refractivity contribution >= 4 is 0 Å². The molecule has 0 aromatic rings. The first-order chi connectivity index (χ1) is 36.8. The maximum atomic E-state index is 11.6. The molecule has 0 amide bonds. The van der Waals surface area contributed by atoms with Crippen molar-refractivity contribution in [2.24, 2.45) is 0 Å². The zero-order chi connectivity index (χ0) is 57.8. The molecule has 24 N–H and O–H groups in total. The maximum Gasteiger partial charge on any atom is 0.187 e. The highest BCUT2D eigenvalue weighted by Crippen LogP contribution is 2.34. The number of hydrogen-bond donors (Lipinski definition) is 24. The fourth-order valence-corrected chi connectivity index (χ4v) is 9.17. The van der Waals surface area contributed by atoms with Gasteiger partial charge in [-0.1, -0.05) is 0 Å². The van der Waals surface area contributed by atoms with Gasteiger partial charge < -0.3 is 179 Å². The minimum absolute atomic E-state index is 0.865. The molecule has 36 nitrogen and oxygen atoms in total. The number of hydrogen-bond acceptors (Lipinski definition) is 36. The van der Waals surface area contributed by atoms with Gasteiger partial charge in [-0.25, -0.2) is 0 Å². The fraction of sp³-hybridized carbons (Fsp3) is 1.00. The van der Waals surface area contributed by atoms with Gasteiger partial charge in [-0.3, -0.25) is 0 Å². The molecule has 0 bridgehead atoms. The molecule has 6 fully saturated rings. The molecule has 6 rings (SSSR count). The third-order valence-corrected chi connectivity index (χ3v) is 14.1. The molecule has 78 heavy (non-hydrogen) atoms. The molecule has 34 atom stereocenters. The minimum atomic E-state index is -2.19. The smallest absolute Gasteiger partial charge is 0.187 e. The van der Waals surface area contributed by atoms with Crippen molar-refractivity contribution in [3.05, 3.63) is 0 Å². The second-order valence-corrected chi connectivity index (χ2v) is 19.5. The van der Waals surface area contributed by atoms with Crippen molar-refractivity contribution in [1.82, 2.24) is 0 Å². The van der Waals surface area contributed by atoms with Crippen LogP contribution in [0.1, 0.15) is 0 Å². The predicted octanol–water partition coefficient (Wildman–Crippen LogP) is -16.6. The molecule has 0 unspecified atom stereocenters. The van der Waals surface area contributed by atoms with Crippen LogP contribution in [0.15, 0.2) is 0 Å². The van der Waals surface area contributed by atoms with E-state index in [1.54, 1.807) is 0 Å². The molecule has 458 valence electrons.